The Hall–Kier alpha value is -2.69. The number of hydrogen-bond acceptors (Lipinski definition) is 4. The summed E-state index contributed by atoms with van der Waals surface area (Å²) in [5, 5.41) is 0. The third-order valence-electron chi connectivity index (χ3n) is 4.36. The Morgan fingerprint density at radius 1 is 0.923 bits per heavy atom. The number of carbonyl (C=O) groups excluding carboxylic acids is 1. The van der Waals surface area contributed by atoms with Gasteiger partial charge >= 0.3 is 0 Å². The van der Waals surface area contributed by atoms with Crippen molar-refractivity contribution in [2.24, 2.45) is 0 Å². The van der Waals surface area contributed by atoms with E-state index in [0.29, 0.717) is 25.9 Å². The minimum Gasteiger partial charge on any atom is -0.497 e. The number of ether oxygens (including phenoxy) is 3. The molecule has 2 aromatic carbocycles. The van der Waals surface area contributed by atoms with Crippen molar-refractivity contribution in [3.05, 3.63) is 53.6 Å². The molecule has 0 aliphatic rings. The highest BCUT2D eigenvalue weighted by molar-refractivity contribution is 5.76. The van der Waals surface area contributed by atoms with Gasteiger partial charge in [-0.2, -0.15) is 0 Å². The highest BCUT2D eigenvalue weighted by Crippen LogP contribution is 2.25. The molecule has 0 unspecified atom stereocenters. The van der Waals surface area contributed by atoms with Gasteiger partial charge in [-0.3, -0.25) is 4.79 Å². The van der Waals surface area contributed by atoms with Crippen molar-refractivity contribution in [2.45, 2.75) is 26.3 Å². The predicted octanol–water partition coefficient (Wildman–Crippen LogP) is 3.69. The van der Waals surface area contributed by atoms with Crippen molar-refractivity contribution >= 4 is 5.91 Å². The van der Waals surface area contributed by atoms with Gasteiger partial charge in [-0.15, -0.1) is 0 Å². The molecule has 5 nitrogen and oxygen atoms in total. The highest BCUT2D eigenvalue weighted by atomic mass is 16.5. The van der Waals surface area contributed by atoms with Crippen LogP contribution in [0.5, 0.6) is 17.2 Å². The lowest BCUT2D eigenvalue weighted by Gasteiger charge is -2.21. The van der Waals surface area contributed by atoms with Crippen LogP contribution in [0.25, 0.3) is 0 Å². The van der Waals surface area contributed by atoms with Crippen LogP contribution in [0.3, 0.4) is 0 Å². The fourth-order valence-electron chi connectivity index (χ4n) is 2.80. The summed E-state index contributed by atoms with van der Waals surface area (Å²) in [6.07, 6.45) is 1.03. The van der Waals surface area contributed by atoms with Crippen LogP contribution in [0.4, 0.5) is 0 Å². The lowest BCUT2D eigenvalue weighted by Crippen LogP contribution is -2.30. The van der Waals surface area contributed by atoms with E-state index >= 15 is 0 Å². The summed E-state index contributed by atoms with van der Waals surface area (Å²) in [5.41, 5.74) is 2.06. The monoisotopic (exact) mass is 357 g/mol. The van der Waals surface area contributed by atoms with Crippen molar-refractivity contribution in [2.75, 3.05) is 27.9 Å². The van der Waals surface area contributed by atoms with Gasteiger partial charge in [0.25, 0.3) is 0 Å². The van der Waals surface area contributed by atoms with E-state index in [1.54, 1.807) is 21.3 Å². The first kappa shape index (κ1) is 19.6. The SMILES string of the molecule is CCN(Cc1ccc(OC)cc1)C(=O)CCc1cc(OC)ccc1OC. The number of aryl methyl sites for hydroxylation is 1. The largest absolute Gasteiger partial charge is 0.497 e. The number of benzene rings is 2. The quantitative estimate of drug-likeness (QED) is 0.687. The molecule has 0 fully saturated rings. The van der Waals surface area contributed by atoms with Crippen LogP contribution in [0, 0.1) is 0 Å². The number of carbonyl (C=O) groups is 1. The zero-order valence-corrected chi connectivity index (χ0v) is 16.0. The van der Waals surface area contributed by atoms with E-state index in [1.807, 2.05) is 54.3 Å². The van der Waals surface area contributed by atoms with Crippen LogP contribution in [0.1, 0.15) is 24.5 Å². The molecule has 0 N–H and O–H groups in total. The maximum absolute atomic E-state index is 12.7. The average Bonchev–Trinajstić information content (AvgIpc) is 2.70. The van der Waals surface area contributed by atoms with Crippen molar-refractivity contribution in [1.82, 2.24) is 4.90 Å². The third kappa shape index (κ3) is 5.15. The van der Waals surface area contributed by atoms with Gasteiger partial charge in [-0.1, -0.05) is 12.1 Å². The molecule has 0 aliphatic heterocycles. The molecule has 2 aromatic rings. The molecule has 0 bridgehead atoms. The fraction of sp³-hybridized carbons (Fsp3) is 0.381. The number of rotatable bonds is 9. The summed E-state index contributed by atoms with van der Waals surface area (Å²) >= 11 is 0. The van der Waals surface area contributed by atoms with E-state index < -0.39 is 0 Å². The Kier molecular flexibility index (Phi) is 7.33. The molecule has 0 saturated carbocycles. The van der Waals surface area contributed by atoms with Gasteiger partial charge in [0.2, 0.25) is 5.91 Å². The molecule has 0 atom stereocenters. The molecule has 2 rings (SSSR count). The molecule has 1 amide bonds. The Balaban J connectivity index is 2.00. The van der Waals surface area contributed by atoms with Gasteiger partial charge in [0.1, 0.15) is 17.2 Å². The molecule has 5 heteroatoms. The molecule has 0 radical (unpaired) electrons. The topological polar surface area (TPSA) is 48.0 Å². The Morgan fingerprint density at radius 2 is 1.58 bits per heavy atom. The van der Waals surface area contributed by atoms with Crippen LogP contribution in [-0.2, 0) is 17.8 Å². The molecular weight excluding hydrogens is 330 g/mol. The lowest BCUT2D eigenvalue weighted by molar-refractivity contribution is -0.131. The fourth-order valence-corrected chi connectivity index (χ4v) is 2.80. The van der Waals surface area contributed by atoms with Gasteiger partial charge in [0.05, 0.1) is 21.3 Å². The van der Waals surface area contributed by atoms with Gasteiger partial charge < -0.3 is 19.1 Å². The normalized spacial score (nSPS) is 10.3. The Morgan fingerprint density at radius 3 is 2.15 bits per heavy atom. The third-order valence-corrected chi connectivity index (χ3v) is 4.36. The second-order valence-corrected chi connectivity index (χ2v) is 5.93. The first-order valence-corrected chi connectivity index (χ1v) is 8.72. The minimum atomic E-state index is 0.119. The van der Waals surface area contributed by atoms with Crippen molar-refractivity contribution in [1.29, 1.82) is 0 Å². The smallest absolute Gasteiger partial charge is 0.223 e. The lowest BCUT2D eigenvalue weighted by atomic mass is 10.1. The van der Waals surface area contributed by atoms with Gasteiger partial charge in [0, 0.05) is 19.5 Å². The van der Waals surface area contributed by atoms with Crippen LogP contribution in [0.2, 0.25) is 0 Å². The van der Waals surface area contributed by atoms with Crippen molar-refractivity contribution in [3.8, 4) is 17.2 Å². The summed E-state index contributed by atoms with van der Waals surface area (Å²) in [6, 6.07) is 13.4. The van der Waals surface area contributed by atoms with E-state index in [1.165, 1.54) is 0 Å². The number of hydrogen-bond donors (Lipinski definition) is 0. The van der Waals surface area contributed by atoms with E-state index in [0.717, 1.165) is 28.4 Å². The standard InChI is InChI=1S/C21H27NO4/c1-5-22(15-16-6-9-18(24-2)10-7-16)21(23)13-8-17-14-19(25-3)11-12-20(17)26-4/h6-7,9-12,14H,5,8,13,15H2,1-4H3. The van der Waals surface area contributed by atoms with Crippen LogP contribution < -0.4 is 14.2 Å². The van der Waals surface area contributed by atoms with E-state index in [9.17, 15) is 4.79 Å². The second kappa shape index (κ2) is 9.70. The summed E-state index contributed by atoms with van der Waals surface area (Å²) in [4.78, 5) is 14.5. The summed E-state index contributed by atoms with van der Waals surface area (Å²) in [7, 11) is 4.91. The molecule has 0 spiro atoms. The number of nitrogens with zero attached hydrogens (tertiary/aromatic N) is 1. The predicted molar refractivity (Wildman–Crippen MR) is 102 cm³/mol. The summed E-state index contributed by atoms with van der Waals surface area (Å²) in [5.74, 6) is 2.47. The molecule has 0 aliphatic carbocycles. The molecule has 140 valence electrons. The van der Waals surface area contributed by atoms with E-state index in [-0.39, 0.29) is 5.91 Å². The zero-order valence-electron chi connectivity index (χ0n) is 16.0. The first-order valence-electron chi connectivity index (χ1n) is 8.72. The maximum atomic E-state index is 12.7. The van der Waals surface area contributed by atoms with Crippen molar-refractivity contribution < 1.29 is 19.0 Å². The van der Waals surface area contributed by atoms with Gasteiger partial charge in [0.15, 0.2) is 0 Å². The Bertz CT molecular complexity index is 712. The molecular formula is C21H27NO4. The highest BCUT2D eigenvalue weighted by Gasteiger charge is 2.14. The van der Waals surface area contributed by atoms with Crippen LogP contribution in [0.15, 0.2) is 42.5 Å². The zero-order chi connectivity index (χ0) is 18.9. The molecule has 0 saturated heterocycles. The average molecular weight is 357 g/mol. The maximum Gasteiger partial charge on any atom is 0.223 e. The second-order valence-electron chi connectivity index (χ2n) is 5.93. The number of methoxy groups -OCH3 is 3. The van der Waals surface area contributed by atoms with Gasteiger partial charge in [-0.05, 0) is 54.8 Å². The van der Waals surface area contributed by atoms with Gasteiger partial charge in [-0.25, -0.2) is 0 Å². The molecule has 0 heterocycles. The van der Waals surface area contributed by atoms with Crippen LogP contribution in [-0.4, -0.2) is 38.7 Å². The number of amides is 1. The van der Waals surface area contributed by atoms with E-state index in [2.05, 4.69) is 0 Å². The van der Waals surface area contributed by atoms with Crippen molar-refractivity contribution in [3.63, 3.8) is 0 Å². The molecule has 0 aromatic heterocycles. The first-order chi connectivity index (χ1) is 12.6. The molecule has 26 heavy (non-hydrogen) atoms. The van der Waals surface area contributed by atoms with E-state index in [4.69, 9.17) is 14.2 Å². The van der Waals surface area contributed by atoms with Crippen LogP contribution >= 0.6 is 0 Å². The summed E-state index contributed by atoms with van der Waals surface area (Å²) in [6.45, 7) is 3.25. The minimum absolute atomic E-state index is 0.119. The summed E-state index contributed by atoms with van der Waals surface area (Å²) < 4.78 is 15.8. The Labute approximate surface area is 155 Å².